The second-order valence-corrected chi connectivity index (χ2v) is 4.90. The van der Waals surface area contributed by atoms with Crippen LogP contribution in [0.5, 0.6) is 0 Å². The SMILES string of the molecule is CN(C)c1ccc(C(C)(NCC(F)(F)F)C(N)=O)cc1. The van der Waals surface area contributed by atoms with Crippen LogP contribution in [0.25, 0.3) is 0 Å². The van der Waals surface area contributed by atoms with Crippen LogP contribution in [-0.2, 0) is 10.3 Å². The average Bonchev–Trinajstić information content (AvgIpc) is 2.35. The molecule has 0 fully saturated rings. The van der Waals surface area contributed by atoms with Gasteiger partial charge in [-0.05, 0) is 24.6 Å². The lowest BCUT2D eigenvalue weighted by atomic mass is 9.91. The molecular formula is C13H18F3N3O. The smallest absolute Gasteiger partial charge is 0.378 e. The minimum Gasteiger partial charge on any atom is -0.378 e. The van der Waals surface area contributed by atoms with Crippen LogP contribution in [0.15, 0.2) is 24.3 Å². The second kappa shape index (κ2) is 5.70. The van der Waals surface area contributed by atoms with Crippen LogP contribution in [0.4, 0.5) is 18.9 Å². The topological polar surface area (TPSA) is 58.4 Å². The number of halogens is 3. The highest BCUT2D eigenvalue weighted by Gasteiger charge is 2.37. The molecule has 20 heavy (non-hydrogen) atoms. The number of carbonyl (C=O) groups excluding carboxylic acids is 1. The summed E-state index contributed by atoms with van der Waals surface area (Å²) in [5, 5.41) is 2.19. The van der Waals surface area contributed by atoms with E-state index in [9.17, 15) is 18.0 Å². The molecule has 7 heteroatoms. The van der Waals surface area contributed by atoms with Gasteiger partial charge in [-0.25, -0.2) is 0 Å². The van der Waals surface area contributed by atoms with Crippen molar-refractivity contribution in [3.63, 3.8) is 0 Å². The van der Waals surface area contributed by atoms with Gasteiger partial charge in [-0.2, -0.15) is 13.2 Å². The predicted molar refractivity (Wildman–Crippen MR) is 71.4 cm³/mol. The largest absolute Gasteiger partial charge is 0.401 e. The van der Waals surface area contributed by atoms with Crippen molar-refractivity contribution in [1.29, 1.82) is 0 Å². The molecule has 1 aromatic rings. The fourth-order valence-electron chi connectivity index (χ4n) is 1.70. The number of rotatable bonds is 5. The summed E-state index contributed by atoms with van der Waals surface area (Å²) in [4.78, 5) is 13.4. The second-order valence-electron chi connectivity index (χ2n) is 4.90. The summed E-state index contributed by atoms with van der Waals surface area (Å²) in [5.74, 6) is -0.862. The van der Waals surface area contributed by atoms with Gasteiger partial charge in [-0.15, -0.1) is 0 Å². The molecule has 1 amide bonds. The highest BCUT2D eigenvalue weighted by atomic mass is 19.4. The Labute approximate surface area is 115 Å². The third-order valence-corrected chi connectivity index (χ3v) is 3.10. The molecule has 0 aliphatic carbocycles. The zero-order valence-electron chi connectivity index (χ0n) is 11.6. The Hall–Kier alpha value is -1.76. The lowest BCUT2D eigenvalue weighted by molar-refractivity contribution is -0.135. The van der Waals surface area contributed by atoms with Crippen molar-refractivity contribution in [2.75, 3.05) is 25.5 Å². The molecule has 0 aliphatic rings. The molecule has 0 bridgehead atoms. The van der Waals surface area contributed by atoms with Gasteiger partial charge >= 0.3 is 6.18 Å². The highest BCUT2D eigenvalue weighted by molar-refractivity contribution is 5.85. The van der Waals surface area contributed by atoms with Crippen LogP contribution in [-0.4, -0.2) is 32.7 Å². The normalized spacial score (nSPS) is 14.7. The lowest BCUT2D eigenvalue weighted by Gasteiger charge is -2.29. The summed E-state index contributed by atoms with van der Waals surface area (Å²) < 4.78 is 36.9. The first kappa shape index (κ1) is 16.3. The van der Waals surface area contributed by atoms with Crippen molar-refractivity contribution < 1.29 is 18.0 Å². The van der Waals surface area contributed by atoms with Crippen LogP contribution in [0.2, 0.25) is 0 Å². The summed E-state index contributed by atoms with van der Waals surface area (Å²) in [6.45, 7) is 0.0492. The van der Waals surface area contributed by atoms with E-state index in [-0.39, 0.29) is 0 Å². The van der Waals surface area contributed by atoms with Gasteiger partial charge in [0.15, 0.2) is 0 Å². The van der Waals surface area contributed by atoms with E-state index in [2.05, 4.69) is 5.32 Å². The Bertz CT molecular complexity index is 471. The van der Waals surface area contributed by atoms with Gasteiger partial charge in [0.25, 0.3) is 0 Å². The molecular weight excluding hydrogens is 271 g/mol. The molecule has 1 aromatic carbocycles. The van der Waals surface area contributed by atoms with Crippen molar-refractivity contribution in [3.8, 4) is 0 Å². The molecule has 1 atom stereocenters. The molecule has 0 heterocycles. The minimum atomic E-state index is -4.42. The molecule has 4 nitrogen and oxygen atoms in total. The molecule has 0 saturated carbocycles. The Balaban J connectivity index is 3.03. The van der Waals surface area contributed by atoms with E-state index in [1.54, 1.807) is 24.3 Å². The Morgan fingerprint density at radius 1 is 1.25 bits per heavy atom. The maximum absolute atomic E-state index is 12.3. The van der Waals surface area contributed by atoms with Crippen molar-refractivity contribution in [2.24, 2.45) is 5.73 Å². The number of alkyl halides is 3. The van der Waals surface area contributed by atoms with E-state index in [1.165, 1.54) is 6.92 Å². The number of hydrogen-bond acceptors (Lipinski definition) is 3. The number of nitrogens with one attached hydrogen (secondary N) is 1. The van der Waals surface area contributed by atoms with Gasteiger partial charge in [0.2, 0.25) is 5.91 Å². The quantitative estimate of drug-likeness (QED) is 0.865. The van der Waals surface area contributed by atoms with Crippen molar-refractivity contribution in [3.05, 3.63) is 29.8 Å². The number of primary amides is 1. The van der Waals surface area contributed by atoms with Gasteiger partial charge in [0.05, 0.1) is 6.54 Å². The molecule has 1 rings (SSSR count). The number of nitrogens with zero attached hydrogens (tertiary/aromatic N) is 1. The van der Waals surface area contributed by atoms with Gasteiger partial charge in [-0.1, -0.05) is 12.1 Å². The number of anilines is 1. The molecule has 0 aliphatic heterocycles. The molecule has 1 unspecified atom stereocenters. The van der Waals surface area contributed by atoms with E-state index < -0.39 is 24.2 Å². The maximum atomic E-state index is 12.3. The number of amides is 1. The summed E-state index contributed by atoms with van der Waals surface area (Å²) in [7, 11) is 3.67. The third-order valence-electron chi connectivity index (χ3n) is 3.10. The molecule has 112 valence electrons. The minimum absolute atomic E-state index is 0.389. The van der Waals surface area contributed by atoms with Crippen LogP contribution >= 0.6 is 0 Å². The van der Waals surface area contributed by atoms with Gasteiger partial charge in [0.1, 0.15) is 5.54 Å². The standard InChI is InChI=1S/C13H18F3N3O/c1-12(11(17)20,18-8-13(14,15)16)9-4-6-10(7-5-9)19(2)3/h4-7,18H,8H2,1-3H3,(H2,17,20). The van der Waals surface area contributed by atoms with Gasteiger partial charge < -0.3 is 10.6 Å². The first-order valence-electron chi connectivity index (χ1n) is 5.96. The number of benzene rings is 1. The molecule has 0 radical (unpaired) electrons. The van der Waals surface area contributed by atoms with Crippen molar-refractivity contribution in [1.82, 2.24) is 5.32 Å². The van der Waals surface area contributed by atoms with E-state index in [0.717, 1.165) is 5.69 Å². The zero-order chi connectivity index (χ0) is 15.6. The Morgan fingerprint density at radius 3 is 2.10 bits per heavy atom. The maximum Gasteiger partial charge on any atom is 0.401 e. The number of hydrogen-bond donors (Lipinski definition) is 2. The van der Waals surface area contributed by atoms with Gasteiger partial charge in [-0.3, -0.25) is 10.1 Å². The molecule has 0 aromatic heterocycles. The first-order valence-corrected chi connectivity index (χ1v) is 5.96. The summed E-state index contributed by atoms with van der Waals surface area (Å²) in [5.41, 5.74) is 4.94. The lowest BCUT2D eigenvalue weighted by Crippen LogP contribution is -2.53. The Morgan fingerprint density at radius 2 is 1.75 bits per heavy atom. The Kier molecular flexibility index (Phi) is 4.65. The zero-order valence-corrected chi connectivity index (χ0v) is 11.6. The predicted octanol–water partition coefficient (Wildman–Crippen LogP) is 1.60. The fraction of sp³-hybridized carbons (Fsp3) is 0.462. The summed E-state index contributed by atoms with van der Waals surface area (Å²) in [6, 6.07) is 6.60. The van der Waals surface area contributed by atoms with E-state index in [0.29, 0.717) is 5.56 Å². The van der Waals surface area contributed by atoms with Crippen LogP contribution < -0.4 is 16.0 Å². The summed E-state index contributed by atoms with van der Waals surface area (Å²) in [6.07, 6.45) is -4.42. The average molecular weight is 289 g/mol. The van der Waals surface area contributed by atoms with E-state index >= 15 is 0 Å². The van der Waals surface area contributed by atoms with Crippen LogP contribution in [0.1, 0.15) is 12.5 Å². The van der Waals surface area contributed by atoms with E-state index in [4.69, 9.17) is 5.73 Å². The summed E-state index contributed by atoms with van der Waals surface area (Å²) >= 11 is 0. The molecule has 0 spiro atoms. The number of carbonyl (C=O) groups is 1. The highest BCUT2D eigenvalue weighted by Crippen LogP contribution is 2.25. The van der Waals surface area contributed by atoms with Crippen LogP contribution in [0, 0.1) is 0 Å². The first-order chi connectivity index (χ1) is 9.06. The number of nitrogens with two attached hydrogens (primary N) is 1. The molecule has 0 saturated heterocycles. The van der Waals surface area contributed by atoms with Crippen LogP contribution in [0.3, 0.4) is 0 Å². The van der Waals surface area contributed by atoms with Crippen molar-refractivity contribution in [2.45, 2.75) is 18.6 Å². The monoisotopic (exact) mass is 289 g/mol. The fourth-order valence-corrected chi connectivity index (χ4v) is 1.70. The van der Waals surface area contributed by atoms with E-state index in [1.807, 2.05) is 19.0 Å². The third kappa shape index (κ3) is 3.86. The molecule has 3 N–H and O–H groups in total. The van der Waals surface area contributed by atoms with Gasteiger partial charge in [0, 0.05) is 19.8 Å². The van der Waals surface area contributed by atoms with Crippen molar-refractivity contribution >= 4 is 11.6 Å².